The Kier molecular flexibility index (Phi) is 4.67. The summed E-state index contributed by atoms with van der Waals surface area (Å²) >= 11 is 0. The van der Waals surface area contributed by atoms with Crippen LogP contribution in [0.1, 0.15) is 0 Å². The van der Waals surface area contributed by atoms with Crippen LogP contribution in [0.2, 0.25) is 0 Å². The van der Waals surface area contributed by atoms with Crippen molar-refractivity contribution in [1.82, 2.24) is 29.2 Å². The van der Waals surface area contributed by atoms with Crippen LogP contribution in [0, 0.1) is 0 Å². The number of hydrogen-bond acceptors (Lipinski definition) is 4. The van der Waals surface area contributed by atoms with Gasteiger partial charge in [0.2, 0.25) is 0 Å². The van der Waals surface area contributed by atoms with E-state index >= 15 is 0 Å². The van der Waals surface area contributed by atoms with E-state index < -0.39 is 0 Å². The van der Waals surface area contributed by atoms with Crippen LogP contribution in [0.3, 0.4) is 0 Å². The van der Waals surface area contributed by atoms with Crippen molar-refractivity contribution >= 4 is 11.3 Å². The Balaban J connectivity index is 1.42. The lowest BCUT2D eigenvalue weighted by atomic mass is 9.96. The first kappa shape index (κ1) is 20.3. The van der Waals surface area contributed by atoms with Gasteiger partial charge in [-0.15, -0.1) is 10.2 Å². The van der Waals surface area contributed by atoms with Crippen LogP contribution < -0.4 is 0 Å². The molecule has 0 fully saturated rings. The van der Waals surface area contributed by atoms with Crippen molar-refractivity contribution in [1.29, 1.82) is 0 Å². The minimum Gasteiger partial charge on any atom is -0.221 e. The number of benzene rings is 3. The number of nitrogens with zero attached hydrogens (tertiary/aromatic N) is 6. The summed E-state index contributed by atoms with van der Waals surface area (Å²) < 4.78 is 3.59. The molecule has 7 aromatic rings. The molecule has 4 heterocycles. The molecule has 0 aliphatic carbocycles. The quantitative estimate of drug-likeness (QED) is 0.301. The van der Waals surface area contributed by atoms with Gasteiger partial charge in [0, 0.05) is 23.5 Å². The molecule has 0 N–H and O–H groups in total. The van der Waals surface area contributed by atoms with Crippen molar-refractivity contribution in [3.05, 3.63) is 122 Å². The molecule has 170 valence electrons. The Labute approximate surface area is 207 Å². The summed E-state index contributed by atoms with van der Waals surface area (Å²) in [5, 5.41) is 9.44. The molecule has 36 heavy (non-hydrogen) atoms. The van der Waals surface area contributed by atoms with E-state index in [4.69, 9.17) is 20.2 Å². The Morgan fingerprint density at radius 3 is 1.44 bits per heavy atom. The Morgan fingerprint density at radius 2 is 0.861 bits per heavy atom. The van der Waals surface area contributed by atoms with Crippen LogP contribution in [-0.4, -0.2) is 29.2 Å². The van der Waals surface area contributed by atoms with Gasteiger partial charge in [0.25, 0.3) is 0 Å². The highest BCUT2D eigenvalue weighted by Crippen LogP contribution is 2.33. The number of rotatable bonds is 4. The molecule has 0 aliphatic heterocycles. The van der Waals surface area contributed by atoms with Gasteiger partial charge in [-0.2, -0.15) is 0 Å². The maximum atomic E-state index is 4.77. The lowest BCUT2D eigenvalue weighted by Gasteiger charge is -2.09. The van der Waals surface area contributed by atoms with Crippen LogP contribution >= 0.6 is 0 Å². The molecule has 0 spiro atoms. The van der Waals surface area contributed by atoms with Gasteiger partial charge in [-0.05, 0) is 70.8 Å². The fourth-order valence-electron chi connectivity index (χ4n) is 4.47. The highest BCUT2D eigenvalue weighted by molar-refractivity contribution is 5.80. The SMILES string of the molecule is c1ccc(-c2cccc(-c3cc(-c4nc5ccccn5n4)cc(-c4nc5ccccn5n4)c3)c2)cc1. The average molecular weight is 465 g/mol. The van der Waals surface area contributed by atoms with Gasteiger partial charge in [-0.25, -0.2) is 19.0 Å². The first-order chi connectivity index (χ1) is 17.8. The van der Waals surface area contributed by atoms with Crippen molar-refractivity contribution < 1.29 is 0 Å². The topological polar surface area (TPSA) is 60.4 Å². The van der Waals surface area contributed by atoms with Crippen molar-refractivity contribution in [3.8, 4) is 45.0 Å². The molecular weight excluding hydrogens is 444 g/mol. The Bertz CT molecular complexity index is 1690. The van der Waals surface area contributed by atoms with Crippen molar-refractivity contribution in [2.75, 3.05) is 0 Å². The highest BCUT2D eigenvalue weighted by Gasteiger charge is 2.14. The van der Waals surface area contributed by atoms with Gasteiger partial charge >= 0.3 is 0 Å². The number of fused-ring (bicyclic) bond motifs is 2. The number of aromatic nitrogens is 6. The second-order valence-electron chi connectivity index (χ2n) is 8.62. The fourth-order valence-corrected chi connectivity index (χ4v) is 4.47. The average Bonchev–Trinajstić information content (AvgIpc) is 3.58. The Morgan fingerprint density at radius 1 is 0.389 bits per heavy atom. The van der Waals surface area contributed by atoms with Gasteiger partial charge in [0.05, 0.1) is 0 Å². The van der Waals surface area contributed by atoms with Crippen molar-refractivity contribution in [3.63, 3.8) is 0 Å². The molecule has 6 heteroatoms. The molecule has 7 rings (SSSR count). The summed E-state index contributed by atoms with van der Waals surface area (Å²) in [5.41, 5.74) is 7.93. The van der Waals surface area contributed by atoms with Crippen LogP contribution in [0.15, 0.2) is 122 Å². The first-order valence-electron chi connectivity index (χ1n) is 11.7. The molecule has 0 saturated heterocycles. The minimum atomic E-state index is 0.660. The minimum absolute atomic E-state index is 0.660. The Hall–Kier alpha value is -5.10. The second-order valence-corrected chi connectivity index (χ2v) is 8.62. The summed E-state index contributed by atoms with van der Waals surface area (Å²) in [7, 11) is 0. The molecule has 6 nitrogen and oxygen atoms in total. The second kappa shape index (κ2) is 8.29. The standard InChI is InChI=1S/C30H20N6/c1-2-9-21(10-3-1)22-11-8-12-23(17-22)24-18-25(29-31-27-13-4-6-15-35(27)33-29)20-26(19-24)30-32-28-14-5-7-16-36(28)34-30/h1-20H. The smallest absolute Gasteiger partial charge is 0.182 e. The third kappa shape index (κ3) is 3.61. The summed E-state index contributed by atoms with van der Waals surface area (Å²) in [6, 6.07) is 37.0. The monoisotopic (exact) mass is 464 g/mol. The van der Waals surface area contributed by atoms with E-state index in [2.05, 4.69) is 66.7 Å². The molecule has 0 saturated carbocycles. The molecule has 0 aliphatic rings. The van der Waals surface area contributed by atoms with Gasteiger partial charge in [0.15, 0.2) is 22.9 Å². The van der Waals surface area contributed by atoms with E-state index in [-0.39, 0.29) is 0 Å². The zero-order valence-corrected chi connectivity index (χ0v) is 19.2. The number of hydrogen-bond donors (Lipinski definition) is 0. The lowest BCUT2D eigenvalue weighted by molar-refractivity contribution is 0.964. The first-order valence-corrected chi connectivity index (χ1v) is 11.7. The van der Waals surface area contributed by atoms with E-state index in [0.717, 1.165) is 39.1 Å². The zero-order valence-electron chi connectivity index (χ0n) is 19.2. The largest absolute Gasteiger partial charge is 0.221 e. The highest BCUT2D eigenvalue weighted by atomic mass is 15.3. The van der Waals surface area contributed by atoms with Crippen LogP contribution in [0.25, 0.3) is 56.3 Å². The maximum absolute atomic E-state index is 4.77. The fraction of sp³-hybridized carbons (Fsp3) is 0. The van der Waals surface area contributed by atoms with E-state index in [9.17, 15) is 0 Å². The molecule has 0 bridgehead atoms. The van der Waals surface area contributed by atoms with Gasteiger partial charge in [-0.1, -0.05) is 60.7 Å². The van der Waals surface area contributed by atoms with Crippen LogP contribution in [-0.2, 0) is 0 Å². The van der Waals surface area contributed by atoms with Crippen molar-refractivity contribution in [2.24, 2.45) is 0 Å². The normalized spacial score (nSPS) is 11.3. The van der Waals surface area contributed by atoms with Gasteiger partial charge < -0.3 is 0 Å². The lowest BCUT2D eigenvalue weighted by Crippen LogP contribution is -1.90. The van der Waals surface area contributed by atoms with E-state index in [1.165, 1.54) is 5.56 Å². The molecule has 3 aromatic carbocycles. The summed E-state index contributed by atoms with van der Waals surface area (Å²) in [4.78, 5) is 9.53. The van der Waals surface area contributed by atoms with Gasteiger partial charge in [0.1, 0.15) is 0 Å². The summed E-state index contributed by atoms with van der Waals surface area (Å²) in [6.07, 6.45) is 3.81. The summed E-state index contributed by atoms with van der Waals surface area (Å²) in [6.45, 7) is 0. The van der Waals surface area contributed by atoms with Gasteiger partial charge in [-0.3, -0.25) is 0 Å². The molecule has 0 atom stereocenters. The third-order valence-electron chi connectivity index (χ3n) is 6.24. The molecular formula is C30H20N6. The van der Waals surface area contributed by atoms with E-state index in [1.807, 2.05) is 54.9 Å². The predicted molar refractivity (Wildman–Crippen MR) is 141 cm³/mol. The third-order valence-corrected chi connectivity index (χ3v) is 6.24. The molecule has 0 radical (unpaired) electrons. The molecule has 0 amide bonds. The molecule has 4 aromatic heterocycles. The zero-order chi connectivity index (χ0) is 23.9. The van der Waals surface area contributed by atoms with Crippen LogP contribution in [0.5, 0.6) is 0 Å². The number of pyridine rings is 2. The van der Waals surface area contributed by atoms with Crippen LogP contribution in [0.4, 0.5) is 0 Å². The molecule has 0 unspecified atom stereocenters. The summed E-state index contributed by atoms with van der Waals surface area (Å²) in [5.74, 6) is 1.32. The predicted octanol–water partition coefficient (Wildman–Crippen LogP) is 6.44. The van der Waals surface area contributed by atoms with E-state index in [0.29, 0.717) is 11.6 Å². The maximum Gasteiger partial charge on any atom is 0.182 e. The van der Waals surface area contributed by atoms with E-state index in [1.54, 1.807) is 9.03 Å². The van der Waals surface area contributed by atoms with Crippen molar-refractivity contribution in [2.45, 2.75) is 0 Å².